The van der Waals surface area contributed by atoms with Crippen LogP contribution >= 0.6 is 0 Å². The number of methoxy groups -OCH3 is 1. The third kappa shape index (κ3) is 5.42. The zero-order valence-electron chi connectivity index (χ0n) is 17.9. The van der Waals surface area contributed by atoms with Crippen LogP contribution in [0.5, 0.6) is 0 Å². The monoisotopic (exact) mass is 423 g/mol. The Morgan fingerprint density at radius 3 is 2.52 bits per heavy atom. The molecule has 29 heavy (non-hydrogen) atoms. The van der Waals surface area contributed by atoms with Gasteiger partial charge in [-0.25, -0.2) is 13.4 Å². The van der Waals surface area contributed by atoms with Gasteiger partial charge in [0.05, 0.1) is 24.3 Å². The van der Waals surface area contributed by atoms with E-state index in [1.165, 1.54) is 44.9 Å². The minimum absolute atomic E-state index is 0.268. The van der Waals surface area contributed by atoms with Gasteiger partial charge in [0.15, 0.2) is 0 Å². The number of likely N-dealkylation sites (tertiary alicyclic amines) is 1. The van der Waals surface area contributed by atoms with Gasteiger partial charge < -0.3 is 9.30 Å². The summed E-state index contributed by atoms with van der Waals surface area (Å²) in [4.78, 5) is 6.96. The lowest BCUT2D eigenvalue weighted by atomic mass is 9.89. The van der Waals surface area contributed by atoms with Crippen molar-refractivity contribution < 1.29 is 13.2 Å². The summed E-state index contributed by atoms with van der Waals surface area (Å²) in [5.74, 6) is 1.18. The van der Waals surface area contributed by atoms with Crippen LogP contribution < -0.4 is 0 Å². The van der Waals surface area contributed by atoms with E-state index in [-0.39, 0.29) is 5.75 Å². The van der Waals surface area contributed by atoms with Gasteiger partial charge in [0.2, 0.25) is 15.0 Å². The Morgan fingerprint density at radius 2 is 1.79 bits per heavy atom. The summed E-state index contributed by atoms with van der Waals surface area (Å²) in [5, 5.41) is 0.324. The highest BCUT2D eigenvalue weighted by molar-refractivity contribution is 7.91. The van der Waals surface area contributed by atoms with Crippen molar-refractivity contribution in [1.29, 1.82) is 0 Å². The minimum Gasteiger partial charge on any atom is -0.383 e. The lowest BCUT2D eigenvalue weighted by Crippen LogP contribution is -2.42. The van der Waals surface area contributed by atoms with Crippen molar-refractivity contribution >= 4 is 9.84 Å². The first-order valence-corrected chi connectivity index (χ1v) is 13.2. The third-order valence-corrected chi connectivity index (χ3v) is 8.76. The molecule has 164 valence electrons. The summed E-state index contributed by atoms with van der Waals surface area (Å²) < 4.78 is 33.7. The number of hydrogen-bond donors (Lipinski definition) is 0. The standard InChI is InChI=1S/C22H37N3O3S/c1-28-16-20-9-5-6-12-24(20)15-21-13-23-22(29(26,27)17-19-10-11-19)25(21)14-18-7-3-2-4-8-18/h13,18-20H,2-12,14-17H2,1H3. The van der Waals surface area contributed by atoms with Crippen LogP contribution in [0.15, 0.2) is 11.4 Å². The van der Waals surface area contributed by atoms with Crippen molar-refractivity contribution in [2.24, 2.45) is 11.8 Å². The van der Waals surface area contributed by atoms with E-state index in [1.807, 2.05) is 6.20 Å². The van der Waals surface area contributed by atoms with Crippen molar-refractivity contribution in [2.75, 3.05) is 26.0 Å². The Morgan fingerprint density at radius 1 is 1.03 bits per heavy atom. The molecule has 2 aliphatic carbocycles. The first kappa shape index (κ1) is 21.3. The summed E-state index contributed by atoms with van der Waals surface area (Å²) in [6.07, 6.45) is 13.8. The van der Waals surface area contributed by atoms with Crippen LogP contribution in [0.2, 0.25) is 0 Å². The molecule has 3 aliphatic rings. The second kappa shape index (κ2) is 9.48. The summed E-state index contributed by atoms with van der Waals surface area (Å²) in [7, 11) is -1.55. The molecule has 0 spiro atoms. The maximum atomic E-state index is 13.1. The Kier molecular flexibility index (Phi) is 6.97. The molecule has 1 aromatic heterocycles. The molecule has 0 amide bonds. The van der Waals surface area contributed by atoms with Gasteiger partial charge in [-0.1, -0.05) is 25.7 Å². The number of imidazole rings is 1. The van der Waals surface area contributed by atoms with E-state index in [1.54, 1.807) is 7.11 Å². The number of rotatable bonds is 9. The number of aromatic nitrogens is 2. The molecular weight excluding hydrogens is 386 g/mol. The van der Waals surface area contributed by atoms with Crippen LogP contribution in [0.3, 0.4) is 0 Å². The molecule has 1 aromatic rings. The largest absolute Gasteiger partial charge is 0.383 e. The van der Waals surface area contributed by atoms with Gasteiger partial charge in [-0.2, -0.15) is 0 Å². The molecule has 4 rings (SSSR count). The summed E-state index contributed by atoms with van der Waals surface area (Å²) in [5.41, 5.74) is 1.06. The van der Waals surface area contributed by atoms with Gasteiger partial charge in [-0.05, 0) is 56.9 Å². The second-order valence-electron chi connectivity index (χ2n) is 9.45. The zero-order valence-corrected chi connectivity index (χ0v) is 18.7. The zero-order chi connectivity index (χ0) is 20.3. The molecule has 1 aliphatic heterocycles. The summed E-state index contributed by atoms with van der Waals surface area (Å²) in [6.45, 7) is 3.36. The molecule has 1 unspecified atom stereocenters. The SMILES string of the molecule is COCC1CCCCN1Cc1cnc(S(=O)(=O)CC2CC2)n1CC1CCCCC1. The summed E-state index contributed by atoms with van der Waals surface area (Å²) >= 11 is 0. The fourth-order valence-corrected chi connectivity index (χ4v) is 6.96. The van der Waals surface area contributed by atoms with Crippen LogP contribution in [-0.2, 0) is 27.7 Å². The maximum absolute atomic E-state index is 13.1. The molecule has 2 heterocycles. The molecule has 0 N–H and O–H groups in total. The highest BCUT2D eigenvalue weighted by Crippen LogP contribution is 2.33. The van der Waals surface area contributed by atoms with E-state index in [2.05, 4.69) is 14.5 Å². The van der Waals surface area contributed by atoms with Crippen LogP contribution in [0.4, 0.5) is 0 Å². The van der Waals surface area contributed by atoms with Crippen LogP contribution in [0.1, 0.15) is 69.9 Å². The first-order valence-electron chi connectivity index (χ1n) is 11.6. The summed E-state index contributed by atoms with van der Waals surface area (Å²) in [6, 6.07) is 0.415. The molecule has 6 nitrogen and oxygen atoms in total. The lowest BCUT2D eigenvalue weighted by Gasteiger charge is -2.35. The lowest BCUT2D eigenvalue weighted by molar-refractivity contribution is 0.0581. The van der Waals surface area contributed by atoms with Crippen molar-refractivity contribution in [3.05, 3.63) is 11.9 Å². The normalized spacial score (nSPS) is 24.8. The van der Waals surface area contributed by atoms with Gasteiger partial charge in [0, 0.05) is 26.2 Å². The molecule has 0 bridgehead atoms. The van der Waals surface area contributed by atoms with E-state index in [0.717, 1.165) is 51.2 Å². The number of nitrogens with zero attached hydrogens (tertiary/aromatic N) is 3. The fourth-order valence-electron chi connectivity index (χ4n) is 5.12. The number of ether oxygens (including phenoxy) is 1. The maximum Gasteiger partial charge on any atom is 0.227 e. The van der Waals surface area contributed by atoms with Crippen molar-refractivity contribution in [1.82, 2.24) is 14.5 Å². The average molecular weight is 424 g/mol. The van der Waals surface area contributed by atoms with Crippen LogP contribution in [0.25, 0.3) is 0 Å². The van der Waals surface area contributed by atoms with Gasteiger partial charge in [0.1, 0.15) is 0 Å². The smallest absolute Gasteiger partial charge is 0.227 e. The second-order valence-corrected chi connectivity index (χ2v) is 11.4. The number of hydrogen-bond acceptors (Lipinski definition) is 5. The van der Waals surface area contributed by atoms with Gasteiger partial charge in [-0.15, -0.1) is 0 Å². The minimum atomic E-state index is -3.31. The fraction of sp³-hybridized carbons (Fsp3) is 0.864. The van der Waals surface area contributed by atoms with Crippen LogP contribution in [0, 0.1) is 11.8 Å². The highest BCUT2D eigenvalue weighted by Gasteiger charge is 2.33. The molecule has 1 saturated heterocycles. The average Bonchev–Trinajstić information content (AvgIpc) is 3.43. The van der Waals surface area contributed by atoms with Gasteiger partial charge in [0.25, 0.3) is 0 Å². The quantitative estimate of drug-likeness (QED) is 0.607. The van der Waals surface area contributed by atoms with E-state index in [9.17, 15) is 8.42 Å². The van der Waals surface area contributed by atoms with Crippen LogP contribution in [-0.4, -0.2) is 54.9 Å². The third-order valence-electron chi connectivity index (χ3n) is 6.97. The van der Waals surface area contributed by atoms with Crippen molar-refractivity contribution in [2.45, 2.75) is 88.5 Å². The molecule has 0 radical (unpaired) electrons. The van der Waals surface area contributed by atoms with E-state index >= 15 is 0 Å². The van der Waals surface area contributed by atoms with E-state index in [0.29, 0.717) is 23.0 Å². The Bertz CT molecular complexity index is 764. The highest BCUT2D eigenvalue weighted by atomic mass is 32.2. The van der Waals surface area contributed by atoms with Crippen molar-refractivity contribution in [3.8, 4) is 0 Å². The molecular formula is C22H37N3O3S. The Balaban J connectivity index is 1.58. The van der Waals surface area contributed by atoms with Gasteiger partial charge in [-0.3, -0.25) is 4.90 Å². The molecule has 0 aromatic carbocycles. The van der Waals surface area contributed by atoms with Gasteiger partial charge >= 0.3 is 0 Å². The molecule has 7 heteroatoms. The van der Waals surface area contributed by atoms with E-state index in [4.69, 9.17) is 4.74 Å². The van der Waals surface area contributed by atoms with Crippen molar-refractivity contribution in [3.63, 3.8) is 0 Å². The first-order chi connectivity index (χ1) is 14.1. The topological polar surface area (TPSA) is 64.4 Å². The molecule has 1 atom stereocenters. The number of sulfone groups is 1. The molecule has 2 saturated carbocycles. The number of piperidine rings is 1. The van der Waals surface area contributed by atoms with E-state index < -0.39 is 9.84 Å². The predicted octanol–water partition coefficient (Wildman–Crippen LogP) is 3.65. The Hall–Kier alpha value is -0.920. The molecule has 3 fully saturated rings. The Labute approximate surface area is 175 Å². The predicted molar refractivity (Wildman–Crippen MR) is 114 cm³/mol.